The van der Waals surface area contributed by atoms with Crippen molar-refractivity contribution in [3.05, 3.63) is 29.6 Å². The van der Waals surface area contributed by atoms with E-state index >= 15 is 0 Å². The average molecular weight is 290 g/mol. The third kappa shape index (κ3) is 2.59. The smallest absolute Gasteiger partial charge is 0.369 e. The van der Waals surface area contributed by atoms with Crippen LogP contribution in [0, 0.1) is 11.7 Å². The van der Waals surface area contributed by atoms with Crippen LogP contribution in [0.25, 0.3) is 0 Å². The number of hydrogen-bond acceptors (Lipinski definition) is 2. The van der Waals surface area contributed by atoms with Gasteiger partial charge >= 0.3 is 6.18 Å². The molecule has 1 saturated heterocycles. The van der Waals surface area contributed by atoms with Crippen molar-refractivity contribution in [2.45, 2.75) is 12.6 Å². The topological polar surface area (TPSA) is 63.4 Å². The Bertz CT molecular complexity index is 571. The summed E-state index contributed by atoms with van der Waals surface area (Å²) >= 11 is 0. The van der Waals surface area contributed by atoms with Gasteiger partial charge in [-0.05, 0) is 18.2 Å². The molecule has 0 bridgehead atoms. The van der Waals surface area contributed by atoms with Gasteiger partial charge in [-0.3, -0.25) is 9.59 Å². The van der Waals surface area contributed by atoms with Crippen molar-refractivity contribution in [1.82, 2.24) is 0 Å². The lowest BCUT2D eigenvalue weighted by Crippen LogP contribution is -2.28. The lowest BCUT2D eigenvalue weighted by Gasteiger charge is -2.17. The van der Waals surface area contributed by atoms with Gasteiger partial charge in [0.25, 0.3) is 0 Å². The maximum absolute atomic E-state index is 13.4. The minimum atomic E-state index is -4.80. The Hall–Kier alpha value is -2.12. The summed E-state index contributed by atoms with van der Waals surface area (Å²) < 4.78 is 50.7. The number of primary amides is 1. The predicted octanol–water partition coefficient (Wildman–Crippen LogP) is 1.68. The van der Waals surface area contributed by atoms with Gasteiger partial charge in [0.1, 0.15) is 5.82 Å². The Labute approximate surface area is 111 Å². The molecular formula is C12H10F4N2O2. The number of halogens is 4. The molecule has 8 heteroatoms. The molecule has 1 aromatic carbocycles. The van der Waals surface area contributed by atoms with E-state index in [4.69, 9.17) is 5.73 Å². The van der Waals surface area contributed by atoms with Crippen molar-refractivity contribution in [2.75, 3.05) is 11.4 Å². The Kier molecular flexibility index (Phi) is 3.41. The summed E-state index contributed by atoms with van der Waals surface area (Å²) in [7, 11) is 0. The summed E-state index contributed by atoms with van der Waals surface area (Å²) in [4.78, 5) is 23.7. The van der Waals surface area contributed by atoms with Crippen LogP contribution in [0.1, 0.15) is 12.0 Å². The number of nitrogens with two attached hydrogens (primary N) is 1. The average Bonchev–Trinajstić information content (AvgIpc) is 2.69. The summed E-state index contributed by atoms with van der Waals surface area (Å²) in [6.45, 7) is -0.0566. The molecule has 0 aromatic heterocycles. The van der Waals surface area contributed by atoms with Gasteiger partial charge in [0.2, 0.25) is 11.8 Å². The van der Waals surface area contributed by atoms with Crippen molar-refractivity contribution in [1.29, 1.82) is 0 Å². The summed E-state index contributed by atoms with van der Waals surface area (Å²) in [5.74, 6) is -3.33. The van der Waals surface area contributed by atoms with Crippen LogP contribution in [0.15, 0.2) is 18.2 Å². The van der Waals surface area contributed by atoms with Crippen LogP contribution in [-0.4, -0.2) is 18.4 Å². The van der Waals surface area contributed by atoms with Gasteiger partial charge < -0.3 is 10.6 Å². The molecule has 0 radical (unpaired) electrons. The molecule has 108 valence electrons. The molecule has 1 aliphatic rings. The highest BCUT2D eigenvalue weighted by Crippen LogP contribution is 2.34. The zero-order chi connectivity index (χ0) is 15.1. The number of hydrogen-bond donors (Lipinski definition) is 1. The first-order valence-electron chi connectivity index (χ1n) is 5.66. The van der Waals surface area contributed by atoms with Gasteiger partial charge in [0, 0.05) is 18.7 Å². The third-order valence-corrected chi connectivity index (χ3v) is 3.10. The van der Waals surface area contributed by atoms with Crippen molar-refractivity contribution >= 4 is 17.5 Å². The highest BCUT2D eigenvalue weighted by Gasteiger charge is 2.37. The second-order valence-electron chi connectivity index (χ2n) is 4.47. The fourth-order valence-corrected chi connectivity index (χ4v) is 2.05. The predicted molar refractivity (Wildman–Crippen MR) is 61.1 cm³/mol. The molecular weight excluding hydrogens is 280 g/mol. The van der Waals surface area contributed by atoms with E-state index in [0.717, 1.165) is 11.0 Å². The minimum Gasteiger partial charge on any atom is -0.369 e. The fourth-order valence-electron chi connectivity index (χ4n) is 2.05. The van der Waals surface area contributed by atoms with Crippen molar-refractivity contribution in [3.8, 4) is 0 Å². The molecule has 1 fully saturated rings. The van der Waals surface area contributed by atoms with Crippen molar-refractivity contribution in [2.24, 2.45) is 11.7 Å². The molecule has 1 heterocycles. The highest BCUT2D eigenvalue weighted by atomic mass is 19.4. The van der Waals surface area contributed by atoms with Gasteiger partial charge in [-0.25, -0.2) is 4.39 Å². The first-order valence-corrected chi connectivity index (χ1v) is 5.66. The number of benzene rings is 1. The van der Waals surface area contributed by atoms with Gasteiger partial charge in [-0.1, -0.05) is 0 Å². The van der Waals surface area contributed by atoms with E-state index in [9.17, 15) is 27.2 Å². The number of amides is 2. The van der Waals surface area contributed by atoms with Crippen LogP contribution in [0.5, 0.6) is 0 Å². The first-order chi connectivity index (χ1) is 9.20. The van der Waals surface area contributed by atoms with Gasteiger partial charge in [-0.2, -0.15) is 13.2 Å². The highest BCUT2D eigenvalue weighted by molar-refractivity contribution is 6.00. The Morgan fingerprint density at radius 1 is 1.35 bits per heavy atom. The molecule has 0 saturated carbocycles. The van der Waals surface area contributed by atoms with Gasteiger partial charge in [-0.15, -0.1) is 0 Å². The lowest BCUT2D eigenvalue weighted by molar-refractivity contribution is -0.140. The molecule has 1 atom stereocenters. The van der Waals surface area contributed by atoms with E-state index in [1.807, 2.05) is 0 Å². The van der Waals surface area contributed by atoms with Crippen LogP contribution in [0.3, 0.4) is 0 Å². The van der Waals surface area contributed by atoms with E-state index in [2.05, 4.69) is 0 Å². The van der Waals surface area contributed by atoms with Crippen LogP contribution >= 0.6 is 0 Å². The normalized spacial score (nSPS) is 19.5. The van der Waals surface area contributed by atoms with E-state index < -0.39 is 35.3 Å². The third-order valence-electron chi connectivity index (χ3n) is 3.10. The molecule has 20 heavy (non-hydrogen) atoms. The lowest BCUT2D eigenvalue weighted by atomic mass is 10.1. The van der Waals surface area contributed by atoms with Crippen molar-refractivity contribution < 1.29 is 27.2 Å². The number of carbonyl (C=O) groups is 2. The molecule has 2 amide bonds. The standard InChI is InChI=1S/C12H10F4N2O2/c13-9-4-7(1-2-8(9)12(14,15)16)18-5-6(11(17)20)3-10(18)19/h1-2,4,6H,3,5H2,(H2,17,20). The Morgan fingerprint density at radius 3 is 2.45 bits per heavy atom. The number of anilines is 1. The van der Waals surface area contributed by atoms with E-state index in [0.29, 0.717) is 12.1 Å². The largest absolute Gasteiger partial charge is 0.419 e. The first kappa shape index (κ1) is 14.3. The minimum absolute atomic E-state index is 0.0238. The maximum Gasteiger partial charge on any atom is 0.419 e. The van der Waals surface area contributed by atoms with E-state index in [1.165, 1.54) is 0 Å². The summed E-state index contributed by atoms with van der Waals surface area (Å²) in [5, 5.41) is 0. The number of carbonyl (C=O) groups excluding carboxylic acids is 2. The summed E-state index contributed by atoms with van der Waals surface area (Å²) in [5.41, 5.74) is 3.64. The van der Waals surface area contributed by atoms with Gasteiger partial charge in [0.05, 0.1) is 11.5 Å². The zero-order valence-electron chi connectivity index (χ0n) is 10.1. The number of alkyl halides is 3. The summed E-state index contributed by atoms with van der Waals surface area (Å²) in [6, 6.07) is 2.19. The Morgan fingerprint density at radius 2 is 2.00 bits per heavy atom. The molecule has 4 nitrogen and oxygen atoms in total. The van der Waals surface area contributed by atoms with Crippen LogP contribution in [0.2, 0.25) is 0 Å². The molecule has 1 unspecified atom stereocenters. The number of rotatable bonds is 2. The SMILES string of the molecule is NC(=O)C1CC(=O)N(c2ccc(C(F)(F)F)c(F)c2)C1. The molecule has 1 aliphatic heterocycles. The van der Waals surface area contributed by atoms with Gasteiger partial charge in [0.15, 0.2) is 0 Å². The second kappa shape index (κ2) is 4.77. The van der Waals surface area contributed by atoms with Crippen LogP contribution in [-0.2, 0) is 15.8 Å². The fraction of sp³-hybridized carbons (Fsp3) is 0.333. The molecule has 2 N–H and O–H groups in total. The monoisotopic (exact) mass is 290 g/mol. The van der Waals surface area contributed by atoms with Crippen LogP contribution in [0.4, 0.5) is 23.2 Å². The summed E-state index contributed by atoms with van der Waals surface area (Å²) in [6.07, 6.45) is -4.93. The maximum atomic E-state index is 13.4. The Balaban J connectivity index is 2.29. The van der Waals surface area contributed by atoms with Crippen molar-refractivity contribution in [3.63, 3.8) is 0 Å². The number of nitrogens with zero attached hydrogens (tertiary/aromatic N) is 1. The molecule has 1 aromatic rings. The molecule has 2 rings (SSSR count). The van der Waals surface area contributed by atoms with E-state index in [-0.39, 0.29) is 18.7 Å². The van der Waals surface area contributed by atoms with Crippen LogP contribution < -0.4 is 10.6 Å². The molecule has 0 aliphatic carbocycles. The zero-order valence-corrected chi connectivity index (χ0v) is 10.1. The van der Waals surface area contributed by atoms with E-state index in [1.54, 1.807) is 0 Å². The molecule has 0 spiro atoms. The second-order valence-corrected chi connectivity index (χ2v) is 4.47. The quantitative estimate of drug-likeness (QED) is 0.842.